The van der Waals surface area contributed by atoms with Gasteiger partial charge in [-0.1, -0.05) is 12.1 Å². The predicted molar refractivity (Wildman–Crippen MR) is 67.3 cm³/mol. The van der Waals surface area contributed by atoms with Gasteiger partial charge in [-0.2, -0.15) is 0 Å². The van der Waals surface area contributed by atoms with Crippen molar-refractivity contribution < 1.29 is 9.18 Å². The van der Waals surface area contributed by atoms with Crippen LogP contribution < -0.4 is 11.5 Å². The molecule has 1 saturated heterocycles. The summed E-state index contributed by atoms with van der Waals surface area (Å²) in [6, 6.07) is 6.04. The Morgan fingerprint density at radius 1 is 1.44 bits per heavy atom. The molecule has 0 spiro atoms. The average Bonchev–Trinajstić information content (AvgIpc) is 2.28. The Morgan fingerprint density at radius 2 is 2.22 bits per heavy atom. The molecule has 1 fully saturated rings. The number of nitrogens with zero attached hydrogens (tertiary/aromatic N) is 1. The first-order chi connectivity index (χ1) is 8.54. The molecule has 2 amide bonds. The van der Waals surface area contributed by atoms with Crippen molar-refractivity contribution in [1.82, 2.24) is 4.90 Å². The number of halogens is 1. The lowest BCUT2D eigenvalue weighted by molar-refractivity contribution is 0.163. The highest BCUT2D eigenvalue weighted by molar-refractivity contribution is 5.72. The molecule has 1 aromatic carbocycles. The number of nitrogens with two attached hydrogens (primary N) is 2. The number of rotatable bonds is 2. The van der Waals surface area contributed by atoms with Crippen molar-refractivity contribution in [2.45, 2.75) is 18.9 Å². The largest absolute Gasteiger partial charge is 0.351 e. The standard InChI is InChI=1S/C13H18FN3O/c14-11-3-1-2-9(5-11)4-10-6-12(15)8-17(7-10)13(16)18/h1-3,5,10,12H,4,6-8,15H2,(H2,16,18). The van der Waals surface area contributed by atoms with Crippen LogP contribution in [0, 0.1) is 11.7 Å². The Bertz CT molecular complexity index is 438. The Labute approximate surface area is 106 Å². The van der Waals surface area contributed by atoms with E-state index in [1.165, 1.54) is 12.1 Å². The fraction of sp³-hybridized carbons (Fsp3) is 0.462. The van der Waals surface area contributed by atoms with Gasteiger partial charge >= 0.3 is 6.03 Å². The fourth-order valence-corrected chi connectivity index (χ4v) is 2.57. The van der Waals surface area contributed by atoms with Crippen LogP contribution in [0.5, 0.6) is 0 Å². The van der Waals surface area contributed by atoms with E-state index in [-0.39, 0.29) is 17.8 Å². The molecule has 2 unspecified atom stereocenters. The molecule has 0 bridgehead atoms. The van der Waals surface area contributed by atoms with Gasteiger partial charge in [-0.25, -0.2) is 9.18 Å². The lowest BCUT2D eigenvalue weighted by Crippen LogP contribution is -2.51. The minimum atomic E-state index is -0.436. The number of carbonyl (C=O) groups is 1. The maximum Gasteiger partial charge on any atom is 0.314 e. The van der Waals surface area contributed by atoms with Crippen LogP contribution in [0.4, 0.5) is 9.18 Å². The van der Waals surface area contributed by atoms with Crippen molar-refractivity contribution in [2.75, 3.05) is 13.1 Å². The lowest BCUT2D eigenvalue weighted by atomic mass is 9.89. The highest BCUT2D eigenvalue weighted by atomic mass is 19.1. The molecule has 0 aliphatic carbocycles. The third-order valence-electron chi connectivity index (χ3n) is 3.29. The van der Waals surface area contributed by atoms with E-state index >= 15 is 0 Å². The SMILES string of the molecule is NC(=O)N1CC(N)CC(Cc2cccc(F)c2)C1. The van der Waals surface area contributed by atoms with Crippen LogP contribution >= 0.6 is 0 Å². The maximum atomic E-state index is 13.1. The second-order valence-electron chi connectivity index (χ2n) is 4.94. The third kappa shape index (κ3) is 3.20. The first-order valence-corrected chi connectivity index (χ1v) is 6.09. The molecule has 2 atom stereocenters. The zero-order valence-electron chi connectivity index (χ0n) is 10.2. The molecule has 18 heavy (non-hydrogen) atoms. The molecule has 0 aromatic heterocycles. The molecule has 1 heterocycles. The van der Waals surface area contributed by atoms with E-state index < -0.39 is 6.03 Å². The number of benzene rings is 1. The van der Waals surface area contributed by atoms with Crippen LogP contribution in [0.1, 0.15) is 12.0 Å². The van der Waals surface area contributed by atoms with E-state index in [2.05, 4.69) is 0 Å². The van der Waals surface area contributed by atoms with Crippen LogP contribution in [-0.2, 0) is 6.42 Å². The number of likely N-dealkylation sites (tertiary alicyclic amines) is 1. The molecule has 0 saturated carbocycles. The van der Waals surface area contributed by atoms with Gasteiger partial charge in [0.1, 0.15) is 5.82 Å². The fourth-order valence-electron chi connectivity index (χ4n) is 2.57. The monoisotopic (exact) mass is 251 g/mol. The summed E-state index contributed by atoms with van der Waals surface area (Å²) in [6.07, 6.45) is 1.55. The minimum Gasteiger partial charge on any atom is -0.351 e. The summed E-state index contributed by atoms with van der Waals surface area (Å²) in [5.74, 6) is 0.00224. The smallest absolute Gasteiger partial charge is 0.314 e. The topological polar surface area (TPSA) is 72.4 Å². The number of piperidine rings is 1. The van der Waals surface area contributed by atoms with Crippen LogP contribution in [0.15, 0.2) is 24.3 Å². The highest BCUT2D eigenvalue weighted by Gasteiger charge is 2.27. The molecule has 98 valence electrons. The van der Waals surface area contributed by atoms with Gasteiger partial charge in [0, 0.05) is 19.1 Å². The summed E-state index contributed by atoms with van der Waals surface area (Å²) in [5, 5.41) is 0. The molecular formula is C13H18FN3O. The van der Waals surface area contributed by atoms with E-state index in [9.17, 15) is 9.18 Å². The van der Waals surface area contributed by atoms with E-state index in [4.69, 9.17) is 11.5 Å². The van der Waals surface area contributed by atoms with Crippen LogP contribution in [0.3, 0.4) is 0 Å². The first-order valence-electron chi connectivity index (χ1n) is 6.09. The Morgan fingerprint density at radius 3 is 2.89 bits per heavy atom. The van der Waals surface area contributed by atoms with Crippen molar-refractivity contribution in [3.8, 4) is 0 Å². The zero-order valence-corrected chi connectivity index (χ0v) is 10.2. The Balaban J connectivity index is 2.02. The molecule has 5 heteroatoms. The van der Waals surface area contributed by atoms with E-state index in [0.717, 1.165) is 18.4 Å². The van der Waals surface area contributed by atoms with Crippen molar-refractivity contribution in [1.29, 1.82) is 0 Å². The molecule has 4 N–H and O–H groups in total. The summed E-state index contributed by atoms with van der Waals surface area (Å²) in [7, 11) is 0. The lowest BCUT2D eigenvalue weighted by Gasteiger charge is -2.35. The normalized spacial score (nSPS) is 24.0. The van der Waals surface area contributed by atoms with E-state index in [0.29, 0.717) is 13.1 Å². The number of hydrogen-bond acceptors (Lipinski definition) is 2. The minimum absolute atomic E-state index is 0.0511. The molecule has 2 rings (SSSR count). The predicted octanol–water partition coefficient (Wildman–Crippen LogP) is 1.10. The second kappa shape index (κ2) is 5.35. The van der Waals surface area contributed by atoms with Gasteiger partial charge in [-0.15, -0.1) is 0 Å². The van der Waals surface area contributed by atoms with Crippen molar-refractivity contribution in [3.05, 3.63) is 35.6 Å². The van der Waals surface area contributed by atoms with Crippen LogP contribution in [-0.4, -0.2) is 30.1 Å². The summed E-state index contributed by atoms with van der Waals surface area (Å²) >= 11 is 0. The second-order valence-corrected chi connectivity index (χ2v) is 4.94. The van der Waals surface area contributed by atoms with Gasteiger partial charge in [-0.3, -0.25) is 0 Å². The van der Waals surface area contributed by atoms with E-state index in [1.807, 2.05) is 6.07 Å². The third-order valence-corrected chi connectivity index (χ3v) is 3.29. The van der Waals surface area contributed by atoms with E-state index in [1.54, 1.807) is 11.0 Å². The van der Waals surface area contributed by atoms with Crippen molar-refractivity contribution in [2.24, 2.45) is 17.4 Å². The number of carbonyl (C=O) groups excluding carboxylic acids is 1. The number of hydrogen-bond donors (Lipinski definition) is 2. The first kappa shape index (κ1) is 12.8. The van der Waals surface area contributed by atoms with Gasteiger partial charge in [-0.05, 0) is 36.5 Å². The van der Waals surface area contributed by atoms with Gasteiger partial charge in [0.05, 0.1) is 0 Å². The number of urea groups is 1. The van der Waals surface area contributed by atoms with Gasteiger partial charge < -0.3 is 16.4 Å². The molecular weight excluding hydrogens is 233 g/mol. The quantitative estimate of drug-likeness (QED) is 0.826. The summed E-state index contributed by atoms with van der Waals surface area (Å²) in [5.41, 5.74) is 12.1. The molecule has 1 aliphatic heterocycles. The van der Waals surface area contributed by atoms with Crippen LogP contribution in [0.25, 0.3) is 0 Å². The zero-order chi connectivity index (χ0) is 13.1. The maximum absolute atomic E-state index is 13.1. The number of primary amides is 1. The Hall–Kier alpha value is -1.62. The average molecular weight is 251 g/mol. The molecule has 4 nitrogen and oxygen atoms in total. The van der Waals surface area contributed by atoms with Gasteiger partial charge in [0.15, 0.2) is 0 Å². The van der Waals surface area contributed by atoms with Crippen molar-refractivity contribution >= 4 is 6.03 Å². The summed E-state index contributed by atoms with van der Waals surface area (Å²) in [6.45, 7) is 1.11. The summed E-state index contributed by atoms with van der Waals surface area (Å²) in [4.78, 5) is 12.8. The molecule has 1 aromatic rings. The Kier molecular flexibility index (Phi) is 3.81. The summed E-state index contributed by atoms with van der Waals surface area (Å²) < 4.78 is 13.1. The van der Waals surface area contributed by atoms with Crippen molar-refractivity contribution in [3.63, 3.8) is 0 Å². The van der Waals surface area contributed by atoms with Gasteiger partial charge in [0.25, 0.3) is 0 Å². The molecule has 1 aliphatic rings. The van der Waals surface area contributed by atoms with Gasteiger partial charge in [0.2, 0.25) is 0 Å². The van der Waals surface area contributed by atoms with Crippen LogP contribution in [0.2, 0.25) is 0 Å². The highest BCUT2D eigenvalue weighted by Crippen LogP contribution is 2.20. The molecule has 0 radical (unpaired) electrons. The number of amides is 2.